The van der Waals surface area contributed by atoms with Crippen molar-refractivity contribution in [1.29, 1.82) is 0 Å². The van der Waals surface area contributed by atoms with E-state index in [9.17, 15) is 4.79 Å². The topological polar surface area (TPSA) is 29.5 Å². The Bertz CT molecular complexity index is 405. The van der Waals surface area contributed by atoms with Gasteiger partial charge in [0.25, 0.3) is 0 Å². The number of hydrogen-bond acceptors (Lipinski definition) is 4. The number of ether oxygens (including phenoxy) is 1. The van der Waals surface area contributed by atoms with Gasteiger partial charge in [0.15, 0.2) is 5.78 Å². The summed E-state index contributed by atoms with van der Waals surface area (Å²) in [6.07, 6.45) is 2.52. The maximum Gasteiger partial charge on any atom is 0.187 e. The van der Waals surface area contributed by atoms with Gasteiger partial charge in [-0.25, -0.2) is 0 Å². The predicted molar refractivity (Wildman–Crippen MR) is 77.4 cm³/mol. The third-order valence-electron chi connectivity index (χ3n) is 3.10. The second kappa shape index (κ2) is 6.80. The Hall–Kier alpha value is -0.230. The molecule has 3 nitrogen and oxygen atoms in total. The fourth-order valence-electron chi connectivity index (χ4n) is 2.30. The molecule has 1 aliphatic heterocycles. The number of likely N-dealkylation sites (tertiary alicyclic amines) is 1. The molecule has 0 aromatic carbocycles. The van der Waals surface area contributed by atoms with Gasteiger partial charge in [-0.05, 0) is 53.7 Å². The smallest absolute Gasteiger partial charge is 0.187 e. The number of halogens is 1. The minimum absolute atomic E-state index is 0.203. The zero-order valence-corrected chi connectivity index (χ0v) is 12.9. The molecule has 0 N–H and O–H groups in total. The molecule has 5 heteroatoms. The van der Waals surface area contributed by atoms with Crippen LogP contribution >= 0.6 is 27.3 Å². The highest BCUT2D eigenvalue weighted by atomic mass is 79.9. The second-order valence-corrected chi connectivity index (χ2v) is 6.25. The molecule has 1 saturated heterocycles. The Morgan fingerprint density at radius 1 is 1.67 bits per heavy atom. The van der Waals surface area contributed by atoms with Gasteiger partial charge in [0.2, 0.25) is 0 Å². The molecule has 0 bridgehead atoms. The first-order valence-corrected chi connectivity index (χ1v) is 7.98. The Morgan fingerprint density at radius 2 is 2.50 bits per heavy atom. The molecule has 2 rings (SSSR count). The first-order valence-electron chi connectivity index (χ1n) is 6.31. The summed E-state index contributed by atoms with van der Waals surface area (Å²) in [6.45, 7) is 5.15. The number of nitrogens with zero attached hydrogens (tertiary/aromatic N) is 1. The summed E-state index contributed by atoms with van der Waals surface area (Å²) in [6, 6.07) is 1.93. The highest BCUT2D eigenvalue weighted by Gasteiger charge is 2.23. The third kappa shape index (κ3) is 3.63. The van der Waals surface area contributed by atoms with Gasteiger partial charge in [0.1, 0.15) is 0 Å². The molecule has 1 fully saturated rings. The average Bonchev–Trinajstić information content (AvgIpc) is 2.76. The summed E-state index contributed by atoms with van der Waals surface area (Å²) in [4.78, 5) is 15.2. The lowest BCUT2D eigenvalue weighted by atomic mass is 10.1. The predicted octanol–water partition coefficient (Wildman–Crippen LogP) is 3.19. The van der Waals surface area contributed by atoms with E-state index in [4.69, 9.17) is 4.74 Å². The molecule has 1 atom stereocenters. The first-order chi connectivity index (χ1) is 8.70. The fraction of sp³-hybridized carbons (Fsp3) is 0.615. The molecular weight excluding hydrogens is 314 g/mol. The lowest BCUT2D eigenvalue weighted by molar-refractivity contribution is 0.00722. The molecule has 0 amide bonds. The molecule has 18 heavy (non-hydrogen) atoms. The molecule has 0 aliphatic carbocycles. The van der Waals surface area contributed by atoms with Crippen molar-refractivity contribution in [1.82, 2.24) is 4.90 Å². The van der Waals surface area contributed by atoms with E-state index in [1.165, 1.54) is 11.3 Å². The first kappa shape index (κ1) is 14.2. The van der Waals surface area contributed by atoms with E-state index in [1.54, 1.807) is 0 Å². The van der Waals surface area contributed by atoms with E-state index < -0.39 is 0 Å². The number of Topliss-reactive ketones (excluding diaryl/α,β-unsaturated/α-hetero) is 1. The Balaban J connectivity index is 1.89. The molecule has 2 heterocycles. The SMILES string of the molecule is CCOC1CCCN(CC(=O)c2sccc2Br)C1. The van der Waals surface area contributed by atoms with E-state index in [2.05, 4.69) is 20.8 Å². The normalized spacial score (nSPS) is 21.1. The molecule has 0 saturated carbocycles. The van der Waals surface area contributed by atoms with Crippen LogP contribution in [0.5, 0.6) is 0 Å². The van der Waals surface area contributed by atoms with Crippen molar-refractivity contribution in [2.24, 2.45) is 0 Å². The third-order valence-corrected chi connectivity index (χ3v) is 4.98. The number of carbonyl (C=O) groups excluding carboxylic acids is 1. The summed E-state index contributed by atoms with van der Waals surface area (Å²) in [5.74, 6) is 0.203. The van der Waals surface area contributed by atoms with E-state index in [1.807, 2.05) is 18.4 Å². The van der Waals surface area contributed by atoms with Crippen molar-refractivity contribution >= 4 is 33.0 Å². The van der Waals surface area contributed by atoms with Crippen molar-refractivity contribution in [3.05, 3.63) is 20.8 Å². The van der Waals surface area contributed by atoms with Gasteiger partial charge in [-0.2, -0.15) is 0 Å². The van der Waals surface area contributed by atoms with Crippen LogP contribution in [0.15, 0.2) is 15.9 Å². The number of ketones is 1. The summed E-state index contributed by atoms with van der Waals surface area (Å²) in [5.41, 5.74) is 0. The Morgan fingerprint density at radius 3 is 3.17 bits per heavy atom. The van der Waals surface area contributed by atoms with Crippen LogP contribution in [0.2, 0.25) is 0 Å². The quantitative estimate of drug-likeness (QED) is 0.776. The van der Waals surface area contributed by atoms with Crippen LogP contribution in [0.1, 0.15) is 29.4 Å². The van der Waals surface area contributed by atoms with Crippen LogP contribution in [-0.4, -0.2) is 43.0 Å². The van der Waals surface area contributed by atoms with Crippen LogP contribution in [0.25, 0.3) is 0 Å². The Labute approximate surface area is 120 Å². The number of rotatable bonds is 5. The molecule has 0 radical (unpaired) electrons. The van der Waals surface area contributed by atoms with E-state index in [0.29, 0.717) is 12.6 Å². The average molecular weight is 332 g/mol. The molecule has 0 spiro atoms. The van der Waals surface area contributed by atoms with Gasteiger partial charge in [-0.15, -0.1) is 11.3 Å². The molecule has 1 unspecified atom stereocenters. The minimum atomic E-state index is 0.203. The van der Waals surface area contributed by atoms with E-state index in [-0.39, 0.29) is 5.78 Å². The summed E-state index contributed by atoms with van der Waals surface area (Å²) in [7, 11) is 0. The van der Waals surface area contributed by atoms with Crippen LogP contribution < -0.4 is 0 Å². The van der Waals surface area contributed by atoms with Gasteiger partial charge in [0, 0.05) is 17.6 Å². The highest BCUT2D eigenvalue weighted by Crippen LogP contribution is 2.24. The molecule has 1 aromatic rings. The zero-order valence-electron chi connectivity index (χ0n) is 10.5. The van der Waals surface area contributed by atoms with Gasteiger partial charge < -0.3 is 4.74 Å². The number of carbonyl (C=O) groups is 1. The Kier molecular flexibility index (Phi) is 5.36. The highest BCUT2D eigenvalue weighted by molar-refractivity contribution is 9.10. The number of thiophene rings is 1. The summed E-state index contributed by atoms with van der Waals surface area (Å²) in [5, 5.41) is 1.94. The van der Waals surface area contributed by atoms with Crippen molar-refractivity contribution in [3.63, 3.8) is 0 Å². The van der Waals surface area contributed by atoms with Gasteiger partial charge in [0.05, 0.1) is 17.5 Å². The van der Waals surface area contributed by atoms with Crippen LogP contribution in [-0.2, 0) is 4.74 Å². The van der Waals surface area contributed by atoms with Gasteiger partial charge >= 0.3 is 0 Å². The zero-order chi connectivity index (χ0) is 13.0. The van der Waals surface area contributed by atoms with Crippen molar-refractivity contribution in [3.8, 4) is 0 Å². The van der Waals surface area contributed by atoms with Crippen molar-refractivity contribution in [2.45, 2.75) is 25.9 Å². The lowest BCUT2D eigenvalue weighted by Crippen LogP contribution is -2.42. The number of hydrogen-bond donors (Lipinski definition) is 0. The molecule has 1 aliphatic rings. The standard InChI is InChI=1S/C13H18BrNO2S/c1-2-17-10-4-3-6-15(8-10)9-12(16)13-11(14)5-7-18-13/h5,7,10H,2-4,6,8-9H2,1H3. The minimum Gasteiger partial charge on any atom is -0.377 e. The van der Waals surface area contributed by atoms with Gasteiger partial charge in [-0.3, -0.25) is 9.69 Å². The second-order valence-electron chi connectivity index (χ2n) is 4.48. The molecule has 100 valence electrons. The van der Waals surface area contributed by atoms with E-state index in [0.717, 1.165) is 41.9 Å². The fourth-order valence-corrected chi connectivity index (χ4v) is 3.82. The van der Waals surface area contributed by atoms with Crippen LogP contribution in [0.4, 0.5) is 0 Å². The maximum absolute atomic E-state index is 12.2. The van der Waals surface area contributed by atoms with Gasteiger partial charge in [-0.1, -0.05) is 0 Å². The molecular formula is C13H18BrNO2S. The van der Waals surface area contributed by atoms with Crippen LogP contribution in [0, 0.1) is 0 Å². The molecule has 1 aromatic heterocycles. The number of piperidine rings is 1. The maximum atomic E-state index is 12.2. The lowest BCUT2D eigenvalue weighted by Gasteiger charge is -2.31. The largest absolute Gasteiger partial charge is 0.377 e. The monoisotopic (exact) mass is 331 g/mol. The van der Waals surface area contributed by atoms with Crippen molar-refractivity contribution < 1.29 is 9.53 Å². The van der Waals surface area contributed by atoms with Crippen molar-refractivity contribution in [2.75, 3.05) is 26.2 Å². The van der Waals surface area contributed by atoms with Crippen LogP contribution in [0.3, 0.4) is 0 Å². The summed E-state index contributed by atoms with van der Waals surface area (Å²) >= 11 is 4.92. The van der Waals surface area contributed by atoms with E-state index >= 15 is 0 Å². The summed E-state index contributed by atoms with van der Waals surface area (Å²) < 4.78 is 6.56.